The smallest absolute Gasteiger partial charge is 0.246 e. The number of carbonyl (C=O) groups excluding carboxylic acids is 1. The maximum atomic E-state index is 12.9. The number of nitriles is 1. The van der Waals surface area contributed by atoms with E-state index in [1.54, 1.807) is 35.7 Å². The second-order valence-corrected chi connectivity index (χ2v) is 10.7. The fraction of sp³-hybridized carbons (Fsp3) is 0.346. The zero-order valence-corrected chi connectivity index (χ0v) is 21.9. The first-order valence-electron chi connectivity index (χ1n) is 11.8. The highest BCUT2D eigenvalue weighted by Crippen LogP contribution is 2.41. The van der Waals surface area contributed by atoms with Gasteiger partial charge in [-0.1, -0.05) is 29.3 Å². The number of carbonyl (C=O) groups is 1. The maximum Gasteiger partial charge on any atom is 0.246 e. The van der Waals surface area contributed by atoms with Crippen molar-refractivity contribution in [1.82, 2.24) is 14.8 Å². The summed E-state index contributed by atoms with van der Waals surface area (Å²) < 4.78 is 5.49. The van der Waals surface area contributed by atoms with E-state index in [2.05, 4.69) is 21.3 Å². The van der Waals surface area contributed by atoms with Gasteiger partial charge in [-0.2, -0.15) is 5.26 Å². The molecule has 1 N–H and O–H groups in total. The number of pyridine rings is 1. The molecule has 2 aliphatic rings. The number of hydrogen-bond donors (Lipinski definition) is 1. The van der Waals surface area contributed by atoms with Crippen LogP contribution in [0.2, 0.25) is 10.0 Å². The SMILES string of the molecule is N#Cc1cnc2sc3c(c2c1Nc1ccc(Cl)c(Cl)c1)CCN(C(=O)/C=C/CN1CCCOCC1)C3. The molecule has 186 valence electrons. The average Bonchev–Trinajstić information content (AvgIpc) is 3.05. The summed E-state index contributed by atoms with van der Waals surface area (Å²) in [6.07, 6.45) is 6.95. The lowest BCUT2D eigenvalue weighted by molar-refractivity contribution is -0.126. The molecule has 5 rings (SSSR count). The molecule has 0 radical (unpaired) electrons. The summed E-state index contributed by atoms with van der Waals surface area (Å²) >= 11 is 13.8. The minimum absolute atomic E-state index is 0.0176. The van der Waals surface area contributed by atoms with Crippen molar-refractivity contribution in [1.29, 1.82) is 5.26 Å². The molecule has 36 heavy (non-hydrogen) atoms. The zero-order chi connectivity index (χ0) is 25.1. The molecule has 2 aliphatic heterocycles. The van der Waals surface area contributed by atoms with Crippen LogP contribution >= 0.6 is 34.5 Å². The van der Waals surface area contributed by atoms with Crippen LogP contribution < -0.4 is 5.32 Å². The Hall–Kier alpha value is -2.67. The van der Waals surface area contributed by atoms with Gasteiger partial charge in [0.05, 0.1) is 34.4 Å². The van der Waals surface area contributed by atoms with E-state index in [1.807, 2.05) is 17.0 Å². The normalized spacial score (nSPS) is 16.6. The van der Waals surface area contributed by atoms with Crippen LogP contribution in [0.3, 0.4) is 0 Å². The molecule has 1 saturated heterocycles. The second-order valence-electron chi connectivity index (χ2n) is 8.78. The lowest BCUT2D eigenvalue weighted by atomic mass is 10.0. The Morgan fingerprint density at radius 1 is 1.25 bits per heavy atom. The highest BCUT2D eigenvalue weighted by Gasteiger charge is 2.26. The lowest BCUT2D eigenvalue weighted by Crippen LogP contribution is -2.34. The van der Waals surface area contributed by atoms with E-state index >= 15 is 0 Å². The first-order valence-corrected chi connectivity index (χ1v) is 13.4. The van der Waals surface area contributed by atoms with Crippen LogP contribution in [-0.2, 0) is 22.5 Å². The van der Waals surface area contributed by atoms with Gasteiger partial charge in [-0.15, -0.1) is 11.3 Å². The summed E-state index contributed by atoms with van der Waals surface area (Å²) in [5.74, 6) is 0.0176. The standard InChI is InChI=1S/C26H25Cl2N5O2S/c27-20-5-4-18(13-21(20)28)31-25-17(14-29)15-30-26-24(25)19-6-9-33(16-22(19)36-26)23(34)3-1-7-32-8-2-11-35-12-10-32/h1,3-5,13,15H,2,6-12,16H2,(H,30,31)/b3-1+. The number of amides is 1. The fourth-order valence-electron chi connectivity index (χ4n) is 4.57. The average molecular weight is 542 g/mol. The van der Waals surface area contributed by atoms with Crippen molar-refractivity contribution in [2.45, 2.75) is 19.4 Å². The molecule has 0 aliphatic carbocycles. The predicted octanol–water partition coefficient (Wildman–Crippen LogP) is 5.38. The first kappa shape index (κ1) is 25.0. The summed E-state index contributed by atoms with van der Waals surface area (Å²) in [6, 6.07) is 7.53. The summed E-state index contributed by atoms with van der Waals surface area (Å²) in [5.41, 5.74) is 3.04. The number of hydrogen-bond acceptors (Lipinski definition) is 7. The minimum Gasteiger partial charge on any atom is -0.380 e. The van der Waals surface area contributed by atoms with Crippen molar-refractivity contribution in [2.75, 3.05) is 44.7 Å². The van der Waals surface area contributed by atoms with Gasteiger partial charge in [-0.05, 0) is 36.6 Å². The topological polar surface area (TPSA) is 81.5 Å². The van der Waals surface area contributed by atoms with Crippen molar-refractivity contribution in [2.24, 2.45) is 0 Å². The maximum absolute atomic E-state index is 12.9. The van der Waals surface area contributed by atoms with Crippen LogP contribution in [0, 0.1) is 11.3 Å². The van der Waals surface area contributed by atoms with E-state index in [4.69, 9.17) is 27.9 Å². The number of rotatable bonds is 5. The summed E-state index contributed by atoms with van der Waals surface area (Å²) in [5, 5.41) is 15.0. The Bertz CT molecular complexity index is 1360. The van der Waals surface area contributed by atoms with Crippen LogP contribution in [0.5, 0.6) is 0 Å². The molecule has 0 saturated carbocycles. The Kier molecular flexibility index (Phi) is 7.75. The number of nitrogens with zero attached hydrogens (tertiary/aromatic N) is 4. The number of nitrogens with one attached hydrogen (secondary N) is 1. The Morgan fingerprint density at radius 2 is 2.14 bits per heavy atom. The lowest BCUT2D eigenvalue weighted by Gasteiger charge is -2.26. The van der Waals surface area contributed by atoms with E-state index in [0.717, 1.165) is 65.6 Å². The minimum atomic E-state index is 0.0176. The molecule has 1 fully saturated rings. The molecule has 0 spiro atoms. The molecule has 0 bridgehead atoms. The molecular formula is C26H25Cl2N5O2S. The first-order chi connectivity index (χ1) is 17.5. The van der Waals surface area contributed by atoms with Crippen LogP contribution in [0.15, 0.2) is 36.5 Å². The van der Waals surface area contributed by atoms with Crippen molar-refractivity contribution < 1.29 is 9.53 Å². The number of thiophene rings is 1. The van der Waals surface area contributed by atoms with Gasteiger partial charge >= 0.3 is 0 Å². The molecule has 3 aromatic rings. The van der Waals surface area contributed by atoms with Gasteiger partial charge in [0.2, 0.25) is 5.91 Å². The third-order valence-electron chi connectivity index (χ3n) is 6.43. The number of halogens is 2. The van der Waals surface area contributed by atoms with Crippen LogP contribution in [0.25, 0.3) is 10.2 Å². The molecule has 4 heterocycles. The second kappa shape index (κ2) is 11.2. The van der Waals surface area contributed by atoms with Gasteiger partial charge in [0.1, 0.15) is 10.9 Å². The number of ether oxygens (including phenoxy) is 1. The molecule has 2 aromatic heterocycles. The van der Waals surface area contributed by atoms with E-state index in [0.29, 0.717) is 40.8 Å². The molecular weight excluding hydrogens is 517 g/mol. The van der Waals surface area contributed by atoms with Gasteiger partial charge in [-0.25, -0.2) is 4.98 Å². The van der Waals surface area contributed by atoms with E-state index in [1.165, 1.54) is 0 Å². The van der Waals surface area contributed by atoms with Gasteiger partial charge in [0.15, 0.2) is 0 Å². The Labute approximate surface area is 223 Å². The quantitative estimate of drug-likeness (QED) is 0.436. The number of fused-ring (bicyclic) bond motifs is 3. The van der Waals surface area contributed by atoms with Crippen molar-refractivity contribution in [3.63, 3.8) is 0 Å². The summed E-state index contributed by atoms with van der Waals surface area (Å²) in [6.45, 7) is 5.33. The van der Waals surface area contributed by atoms with Crippen LogP contribution in [0.4, 0.5) is 11.4 Å². The number of benzene rings is 1. The summed E-state index contributed by atoms with van der Waals surface area (Å²) in [7, 11) is 0. The fourth-order valence-corrected chi connectivity index (χ4v) is 6.08. The molecule has 0 unspecified atom stereocenters. The van der Waals surface area contributed by atoms with Gasteiger partial charge in [-0.3, -0.25) is 9.69 Å². The number of aromatic nitrogens is 1. The largest absolute Gasteiger partial charge is 0.380 e. The van der Waals surface area contributed by atoms with Crippen molar-refractivity contribution >= 4 is 62.0 Å². The highest BCUT2D eigenvalue weighted by atomic mass is 35.5. The Morgan fingerprint density at radius 3 is 2.97 bits per heavy atom. The van der Waals surface area contributed by atoms with Gasteiger partial charge in [0.25, 0.3) is 0 Å². The molecule has 1 aromatic carbocycles. The molecule has 1 amide bonds. The van der Waals surface area contributed by atoms with Crippen molar-refractivity contribution in [3.8, 4) is 6.07 Å². The van der Waals surface area contributed by atoms with Gasteiger partial charge < -0.3 is 15.0 Å². The van der Waals surface area contributed by atoms with Crippen molar-refractivity contribution in [3.05, 3.63) is 62.6 Å². The molecule has 10 heteroatoms. The predicted molar refractivity (Wildman–Crippen MR) is 144 cm³/mol. The summed E-state index contributed by atoms with van der Waals surface area (Å²) in [4.78, 5) is 23.6. The third kappa shape index (κ3) is 5.36. The highest BCUT2D eigenvalue weighted by molar-refractivity contribution is 7.19. The molecule has 7 nitrogen and oxygen atoms in total. The Balaban J connectivity index is 1.36. The third-order valence-corrected chi connectivity index (χ3v) is 8.29. The van der Waals surface area contributed by atoms with E-state index < -0.39 is 0 Å². The zero-order valence-electron chi connectivity index (χ0n) is 19.6. The molecule has 0 atom stereocenters. The van der Waals surface area contributed by atoms with E-state index in [9.17, 15) is 10.1 Å². The monoisotopic (exact) mass is 541 g/mol. The van der Waals surface area contributed by atoms with Crippen LogP contribution in [0.1, 0.15) is 22.4 Å². The van der Waals surface area contributed by atoms with E-state index in [-0.39, 0.29) is 5.91 Å². The van der Waals surface area contributed by atoms with Gasteiger partial charge in [0, 0.05) is 61.0 Å². The van der Waals surface area contributed by atoms with Crippen LogP contribution in [-0.4, -0.2) is 60.1 Å². The number of anilines is 2.